The minimum Gasteiger partial charge on any atom is -0.452 e. The van der Waals surface area contributed by atoms with E-state index in [0.717, 1.165) is 4.90 Å². The van der Waals surface area contributed by atoms with Gasteiger partial charge in [0.05, 0.1) is 28.9 Å². The summed E-state index contributed by atoms with van der Waals surface area (Å²) in [7, 11) is -3.69. The summed E-state index contributed by atoms with van der Waals surface area (Å²) in [4.78, 5) is 25.3. The highest BCUT2D eigenvalue weighted by Gasteiger charge is 2.27. The van der Waals surface area contributed by atoms with Crippen LogP contribution in [-0.4, -0.2) is 62.8 Å². The second-order valence-corrected chi connectivity index (χ2v) is 10.2. The molecule has 3 rings (SSSR count). The van der Waals surface area contributed by atoms with E-state index < -0.39 is 28.0 Å². The maximum Gasteiger partial charge on any atom is 0.317 e. The second kappa shape index (κ2) is 11.2. The van der Waals surface area contributed by atoms with Crippen LogP contribution in [0.1, 0.15) is 6.92 Å². The predicted octanol–water partition coefficient (Wildman–Crippen LogP) is 3.02. The minimum atomic E-state index is -3.69. The molecule has 1 unspecified atom stereocenters. The van der Waals surface area contributed by atoms with Gasteiger partial charge in [-0.15, -0.1) is 11.8 Å². The third-order valence-corrected chi connectivity index (χ3v) is 7.95. The van der Waals surface area contributed by atoms with E-state index in [2.05, 4.69) is 5.32 Å². The van der Waals surface area contributed by atoms with Crippen LogP contribution in [0, 0.1) is 0 Å². The fraction of sp³-hybridized carbons (Fsp3) is 0.333. The molecule has 172 valence electrons. The van der Waals surface area contributed by atoms with Crippen molar-refractivity contribution in [3.8, 4) is 0 Å². The van der Waals surface area contributed by atoms with Gasteiger partial charge < -0.3 is 14.8 Å². The normalized spacial score (nSPS) is 15.7. The van der Waals surface area contributed by atoms with Crippen LogP contribution in [0.5, 0.6) is 0 Å². The van der Waals surface area contributed by atoms with Crippen molar-refractivity contribution in [2.45, 2.75) is 22.8 Å². The number of carbonyl (C=O) groups excluding carboxylic acids is 2. The van der Waals surface area contributed by atoms with Gasteiger partial charge in [-0.25, -0.2) is 8.42 Å². The van der Waals surface area contributed by atoms with Gasteiger partial charge in [0.2, 0.25) is 10.0 Å². The number of hydrogen-bond donors (Lipinski definition) is 1. The molecular formula is C21H23ClN2O6S2. The van der Waals surface area contributed by atoms with Crippen molar-refractivity contribution < 1.29 is 27.5 Å². The summed E-state index contributed by atoms with van der Waals surface area (Å²) in [5, 5.41) is 3.12. The molecule has 1 heterocycles. The standard InChI is InChI=1S/C21H23ClN2O6S2/c1-15(30-20(25)14-31-19-8-3-2-7-18(19)22)21(26)23-16-5-4-6-17(13-16)32(27,28)24-9-11-29-12-10-24/h2-8,13,15H,9-12,14H2,1H3,(H,23,26). The second-order valence-electron chi connectivity index (χ2n) is 6.88. The van der Waals surface area contributed by atoms with E-state index in [-0.39, 0.29) is 29.4 Å². The average Bonchev–Trinajstić information content (AvgIpc) is 2.79. The molecule has 0 aliphatic carbocycles. The number of nitrogens with zero attached hydrogens (tertiary/aromatic N) is 1. The topological polar surface area (TPSA) is 102 Å². The monoisotopic (exact) mass is 498 g/mol. The SMILES string of the molecule is CC(OC(=O)CSc1ccccc1Cl)C(=O)Nc1cccc(S(=O)(=O)N2CCOCC2)c1. The molecule has 32 heavy (non-hydrogen) atoms. The summed E-state index contributed by atoms with van der Waals surface area (Å²) in [6, 6.07) is 13.1. The van der Waals surface area contributed by atoms with Crippen molar-refractivity contribution in [2.24, 2.45) is 0 Å². The molecule has 1 amide bonds. The average molecular weight is 499 g/mol. The summed E-state index contributed by atoms with van der Waals surface area (Å²) >= 11 is 7.27. The molecule has 0 aromatic heterocycles. The number of thioether (sulfide) groups is 1. The number of hydrogen-bond acceptors (Lipinski definition) is 7. The summed E-state index contributed by atoms with van der Waals surface area (Å²) in [6.45, 7) is 2.68. The number of esters is 1. The van der Waals surface area contributed by atoms with Gasteiger partial charge in [-0.05, 0) is 37.3 Å². The zero-order chi connectivity index (χ0) is 23.1. The first-order chi connectivity index (χ1) is 15.3. The number of amides is 1. The highest BCUT2D eigenvalue weighted by Crippen LogP contribution is 2.26. The molecule has 1 N–H and O–H groups in total. The molecule has 1 atom stereocenters. The number of ether oxygens (including phenoxy) is 2. The molecular weight excluding hydrogens is 476 g/mol. The molecule has 11 heteroatoms. The van der Waals surface area contributed by atoms with E-state index in [1.165, 1.54) is 35.1 Å². The molecule has 1 fully saturated rings. The number of morpholine rings is 1. The maximum absolute atomic E-state index is 12.8. The van der Waals surface area contributed by atoms with Crippen LogP contribution in [0.15, 0.2) is 58.3 Å². The van der Waals surface area contributed by atoms with Crippen LogP contribution < -0.4 is 5.32 Å². The Morgan fingerprint density at radius 1 is 1.19 bits per heavy atom. The molecule has 0 spiro atoms. The van der Waals surface area contributed by atoms with Crippen LogP contribution in [0.4, 0.5) is 5.69 Å². The Morgan fingerprint density at radius 3 is 2.62 bits per heavy atom. The number of halogens is 1. The van der Waals surface area contributed by atoms with E-state index >= 15 is 0 Å². The third kappa shape index (κ3) is 6.46. The van der Waals surface area contributed by atoms with Crippen LogP contribution >= 0.6 is 23.4 Å². The van der Waals surface area contributed by atoms with E-state index in [1.54, 1.807) is 30.3 Å². The highest BCUT2D eigenvalue weighted by atomic mass is 35.5. The Balaban J connectivity index is 1.56. The number of nitrogens with one attached hydrogen (secondary N) is 1. The quantitative estimate of drug-likeness (QED) is 0.441. The Hall–Kier alpha value is -2.11. The van der Waals surface area contributed by atoms with Gasteiger partial charge >= 0.3 is 5.97 Å². The maximum atomic E-state index is 12.8. The lowest BCUT2D eigenvalue weighted by molar-refractivity contribution is -0.150. The third-order valence-electron chi connectivity index (χ3n) is 4.57. The van der Waals surface area contributed by atoms with E-state index in [4.69, 9.17) is 21.1 Å². The minimum absolute atomic E-state index is 0.00533. The first-order valence-corrected chi connectivity index (χ1v) is 12.6. The van der Waals surface area contributed by atoms with Crippen molar-refractivity contribution >= 4 is 50.9 Å². The fourth-order valence-electron chi connectivity index (χ4n) is 2.90. The number of benzene rings is 2. The van der Waals surface area contributed by atoms with E-state index in [0.29, 0.717) is 18.2 Å². The van der Waals surface area contributed by atoms with Crippen LogP contribution in [-0.2, 0) is 29.1 Å². The Kier molecular flexibility index (Phi) is 8.55. The zero-order valence-corrected chi connectivity index (χ0v) is 19.7. The molecule has 1 aliphatic rings. The van der Waals surface area contributed by atoms with E-state index in [1.807, 2.05) is 6.07 Å². The Labute approximate surface area is 196 Å². The summed E-state index contributed by atoms with van der Waals surface area (Å²) in [6.07, 6.45) is -1.06. The van der Waals surface area contributed by atoms with Gasteiger partial charge in [-0.3, -0.25) is 9.59 Å². The molecule has 0 radical (unpaired) electrons. The Bertz CT molecular complexity index is 1070. The first-order valence-electron chi connectivity index (χ1n) is 9.83. The molecule has 1 saturated heterocycles. The molecule has 0 bridgehead atoms. The van der Waals surface area contributed by atoms with Crippen molar-refractivity contribution in [1.29, 1.82) is 0 Å². The molecule has 8 nitrogen and oxygen atoms in total. The summed E-state index contributed by atoms with van der Waals surface area (Å²) in [5.41, 5.74) is 0.290. The van der Waals surface area contributed by atoms with Gasteiger partial charge in [0.15, 0.2) is 6.10 Å². The smallest absolute Gasteiger partial charge is 0.317 e. The largest absolute Gasteiger partial charge is 0.452 e. The summed E-state index contributed by atoms with van der Waals surface area (Å²) < 4.78 is 37.3. The van der Waals surface area contributed by atoms with Crippen molar-refractivity contribution in [3.63, 3.8) is 0 Å². The molecule has 1 aliphatic heterocycles. The van der Waals surface area contributed by atoms with Gasteiger partial charge in [-0.1, -0.05) is 29.8 Å². The van der Waals surface area contributed by atoms with Gasteiger partial charge in [0, 0.05) is 23.7 Å². The van der Waals surface area contributed by atoms with Crippen LogP contribution in [0.25, 0.3) is 0 Å². The summed E-state index contributed by atoms with van der Waals surface area (Å²) in [5.74, 6) is -1.14. The van der Waals surface area contributed by atoms with Crippen molar-refractivity contribution in [2.75, 3.05) is 37.4 Å². The highest BCUT2D eigenvalue weighted by molar-refractivity contribution is 8.00. The fourth-order valence-corrected chi connectivity index (χ4v) is 5.37. The first kappa shape index (κ1) is 24.5. The lowest BCUT2D eigenvalue weighted by Crippen LogP contribution is -2.40. The van der Waals surface area contributed by atoms with Gasteiger partial charge in [-0.2, -0.15) is 4.31 Å². The molecule has 0 saturated carbocycles. The lowest BCUT2D eigenvalue weighted by Gasteiger charge is -2.26. The van der Waals surface area contributed by atoms with Crippen LogP contribution in [0.3, 0.4) is 0 Å². The molecule has 2 aromatic carbocycles. The van der Waals surface area contributed by atoms with E-state index in [9.17, 15) is 18.0 Å². The van der Waals surface area contributed by atoms with Crippen LogP contribution in [0.2, 0.25) is 5.02 Å². The number of rotatable bonds is 8. The number of carbonyl (C=O) groups is 2. The Morgan fingerprint density at radius 2 is 1.91 bits per heavy atom. The van der Waals surface area contributed by atoms with Crippen molar-refractivity contribution in [1.82, 2.24) is 4.31 Å². The molecule has 2 aromatic rings. The number of sulfonamides is 1. The number of anilines is 1. The van der Waals surface area contributed by atoms with Gasteiger partial charge in [0.1, 0.15) is 0 Å². The lowest BCUT2D eigenvalue weighted by atomic mass is 10.3. The van der Waals surface area contributed by atoms with Gasteiger partial charge in [0.25, 0.3) is 5.91 Å². The predicted molar refractivity (Wildman–Crippen MR) is 122 cm³/mol. The zero-order valence-electron chi connectivity index (χ0n) is 17.3. The van der Waals surface area contributed by atoms with Crippen molar-refractivity contribution in [3.05, 3.63) is 53.6 Å².